The van der Waals surface area contributed by atoms with Gasteiger partial charge in [0.15, 0.2) is 0 Å². The third kappa shape index (κ3) is 4.25. The Morgan fingerprint density at radius 3 is 1.65 bits per heavy atom. The minimum atomic E-state index is 0.492. The van der Waals surface area contributed by atoms with E-state index in [0.29, 0.717) is 6.54 Å². The van der Waals surface area contributed by atoms with Crippen LogP contribution in [0, 0.1) is 0 Å². The fraction of sp³-hybridized carbons (Fsp3) is 0.0250. The lowest BCUT2D eigenvalue weighted by Gasteiger charge is -2.12. The van der Waals surface area contributed by atoms with Crippen molar-refractivity contribution in [1.29, 1.82) is 0 Å². The highest BCUT2D eigenvalue weighted by atomic mass is 15.0. The molecule has 7 aromatic carbocycles. The van der Waals surface area contributed by atoms with Gasteiger partial charge in [-0.05, 0) is 79.3 Å². The molecular weight excluding hydrogens is 522 g/mol. The van der Waals surface area contributed by atoms with Crippen LogP contribution in [-0.4, -0.2) is 17.5 Å². The van der Waals surface area contributed by atoms with E-state index in [-0.39, 0.29) is 0 Å². The number of aliphatic imine (C=N–C) groups is 1. The number of aromatic nitrogens is 1. The van der Waals surface area contributed by atoms with Gasteiger partial charge in [0.05, 0.1) is 23.9 Å². The molecule has 3 nitrogen and oxygen atoms in total. The molecule has 0 aliphatic rings. The lowest BCUT2D eigenvalue weighted by Crippen LogP contribution is -1.99. The third-order valence-electron chi connectivity index (χ3n) is 8.50. The molecule has 1 aromatic heterocycles. The van der Waals surface area contributed by atoms with Gasteiger partial charge in [0.1, 0.15) is 0 Å². The predicted molar refractivity (Wildman–Crippen MR) is 185 cm³/mol. The zero-order valence-electron chi connectivity index (χ0n) is 23.6. The average Bonchev–Trinajstić information content (AvgIpc) is 3.40. The van der Waals surface area contributed by atoms with Crippen LogP contribution in [0.1, 0.15) is 5.56 Å². The summed E-state index contributed by atoms with van der Waals surface area (Å²) in [6, 6.07) is 49.5. The van der Waals surface area contributed by atoms with Gasteiger partial charge in [-0.15, -0.1) is 0 Å². The van der Waals surface area contributed by atoms with Gasteiger partial charge in [-0.2, -0.15) is 0 Å². The second-order valence-electron chi connectivity index (χ2n) is 11.0. The van der Waals surface area contributed by atoms with Crippen molar-refractivity contribution in [3.63, 3.8) is 0 Å². The molecule has 1 heterocycles. The van der Waals surface area contributed by atoms with Gasteiger partial charge < -0.3 is 10.3 Å². The minimum absolute atomic E-state index is 0.492. The molecule has 8 rings (SSSR count). The molecule has 0 bridgehead atoms. The van der Waals surface area contributed by atoms with Crippen molar-refractivity contribution < 1.29 is 0 Å². The smallest absolute Gasteiger partial charge is 0.0944 e. The third-order valence-corrected chi connectivity index (χ3v) is 8.50. The summed E-state index contributed by atoms with van der Waals surface area (Å²) in [5.74, 6) is 0. The summed E-state index contributed by atoms with van der Waals surface area (Å²) in [5, 5.41) is 10.1. The maximum absolute atomic E-state index is 6.59. The first-order valence-electron chi connectivity index (χ1n) is 14.6. The Kier molecular flexibility index (Phi) is 6.01. The molecule has 0 amide bonds. The van der Waals surface area contributed by atoms with Crippen molar-refractivity contribution >= 4 is 66.2 Å². The van der Waals surface area contributed by atoms with Crippen molar-refractivity contribution in [1.82, 2.24) is 4.57 Å². The topological polar surface area (TPSA) is 43.3 Å². The molecule has 43 heavy (non-hydrogen) atoms. The number of rotatable bonds is 5. The standard InChI is InChI=1S/C40H29N3/c41-38(22-23-42-26-43-39-18-7-5-16-35(39)36-17-6-8-19-40(36)43)29-11-9-10-27(24-29)28-20-21-34-32-14-2-1-12-30(32)31-13-3-4-15-33(31)37(34)25-28/h1-22,24-26H,23,41H2/b38-22-,42-26?. The Hall–Kier alpha value is -5.67. The zero-order chi connectivity index (χ0) is 28.8. The van der Waals surface area contributed by atoms with Crippen LogP contribution in [0.3, 0.4) is 0 Å². The molecule has 2 N–H and O–H groups in total. The molecule has 0 saturated carbocycles. The molecule has 3 heteroatoms. The molecule has 0 radical (unpaired) electrons. The first kappa shape index (κ1) is 25.1. The number of nitrogens with two attached hydrogens (primary N) is 1. The lowest BCUT2D eigenvalue weighted by molar-refractivity contribution is 1.20. The molecular formula is C40H29N3. The number of para-hydroxylation sites is 2. The molecule has 0 atom stereocenters. The van der Waals surface area contributed by atoms with Crippen LogP contribution in [-0.2, 0) is 0 Å². The normalized spacial score (nSPS) is 12.4. The van der Waals surface area contributed by atoms with E-state index >= 15 is 0 Å². The maximum Gasteiger partial charge on any atom is 0.0944 e. The molecule has 0 fully saturated rings. The van der Waals surface area contributed by atoms with Crippen molar-refractivity contribution in [2.24, 2.45) is 10.7 Å². The highest BCUT2D eigenvalue weighted by Gasteiger charge is 2.10. The van der Waals surface area contributed by atoms with Crippen molar-refractivity contribution in [2.75, 3.05) is 6.54 Å². The van der Waals surface area contributed by atoms with Crippen molar-refractivity contribution in [3.05, 3.63) is 151 Å². The first-order valence-corrected chi connectivity index (χ1v) is 14.6. The number of benzene rings is 7. The van der Waals surface area contributed by atoms with Gasteiger partial charge in [-0.1, -0.05) is 115 Å². The fourth-order valence-electron chi connectivity index (χ4n) is 6.44. The molecule has 0 spiro atoms. The van der Waals surface area contributed by atoms with Gasteiger partial charge in [0.2, 0.25) is 0 Å². The van der Waals surface area contributed by atoms with Crippen molar-refractivity contribution in [3.8, 4) is 11.1 Å². The fourth-order valence-corrected chi connectivity index (χ4v) is 6.44. The van der Waals surface area contributed by atoms with Gasteiger partial charge in [0.25, 0.3) is 0 Å². The molecule has 0 aliphatic carbocycles. The van der Waals surface area contributed by atoms with E-state index in [1.165, 1.54) is 48.7 Å². The number of hydrogen-bond acceptors (Lipinski definition) is 2. The Morgan fingerprint density at radius 2 is 1.02 bits per heavy atom. The highest BCUT2D eigenvalue weighted by molar-refractivity contribution is 6.25. The van der Waals surface area contributed by atoms with Crippen LogP contribution in [0.5, 0.6) is 0 Å². The summed E-state index contributed by atoms with van der Waals surface area (Å²) in [6.07, 6.45) is 3.90. The highest BCUT2D eigenvalue weighted by Crippen LogP contribution is 2.37. The van der Waals surface area contributed by atoms with Gasteiger partial charge >= 0.3 is 0 Å². The number of fused-ring (bicyclic) bond motifs is 9. The largest absolute Gasteiger partial charge is 0.398 e. The van der Waals surface area contributed by atoms with Crippen molar-refractivity contribution in [2.45, 2.75) is 0 Å². The number of hydrogen-bond donors (Lipinski definition) is 1. The van der Waals surface area contributed by atoms with E-state index in [2.05, 4.69) is 144 Å². The molecule has 8 aromatic rings. The molecule has 204 valence electrons. The van der Waals surface area contributed by atoms with Crippen LogP contribution in [0.15, 0.2) is 151 Å². The molecule has 0 aliphatic heterocycles. The average molecular weight is 552 g/mol. The van der Waals surface area contributed by atoms with E-state index < -0.39 is 0 Å². The SMILES string of the molecule is N/C(=C\CN=Cn1c2ccccc2c2ccccc21)c1cccc(-c2ccc3c4ccccc4c4ccccc4c3c2)c1. The van der Waals surface area contributed by atoms with Crippen LogP contribution in [0.25, 0.3) is 70.9 Å². The minimum Gasteiger partial charge on any atom is -0.398 e. The first-order chi connectivity index (χ1) is 21.3. The van der Waals surface area contributed by atoms with E-state index in [1.807, 2.05) is 12.4 Å². The second kappa shape index (κ2) is 10.3. The molecule has 0 saturated heterocycles. The van der Waals surface area contributed by atoms with Crippen LogP contribution in [0.2, 0.25) is 0 Å². The number of nitrogens with zero attached hydrogens (tertiary/aromatic N) is 2. The van der Waals surface area contributed by atoms with E-state index in [4.69, 9.17) is 10.7 Å². The summed E-state index contributed by atoms with van der Waals surface area (Å²) in [4.78, 5) is 4.73. The summed E-state index contributed by atoms with van der Waals surface area (Å²) < 4.78 is 2.15. The Morgan fingerprint density at radius 1 is 0.512 bits per heavy atom. The quantitative estimate of drug-likeness (QED) is 0.129. The summed E-state index contributed by atoms with van der Waals surface area (Å²) in [7, 11) is 0. The Bertz CT molecular complexity index is 2300. The zero-order valence-corrected chi connectivity index (χ0v) is 23.6. The van der Waals surface area contributed by atoms with E-state index in [1.54, 1.807) is 0 Å². The lowest BCUT2D eigenvalue weighted by atomic mass is 9.92. The Labute approximate surface area is 249 Å². The van der Waals surface area contributed by atoms with Gasteiger partial charge in [-0.25, -0.2) is 0 Å². The van der Waals surface area contributed by atoms with Gasteiger partial charge in [0, 0.05) is 16.5 Å². The van der Waals surface area contributed by atoms with Gasteiger partial charge in [-0.3, -0.25) is 4.99 Å². The Balaban J connectivity index is 1.12. The van der Waals surface area contributed by atoms with Crippen LogP contribution >= 0.6 is 0 Å². The summed E-state index contributed by atoms with van der Waals surface area (Å²) in [5.41, 5.74) is 12.9. The van der Waals surface area contributed by atoms with Crippen LogP contribution in [0.4, 0.5) is 0 Å². The maximum atomic E-state index is 6.59. The second-order valence-corrected chi connectivity index (χ2v) is 11.0. The van der Waals surface area contributed by atoms with E-state index in [9.17, 15) is 0 Å². The molecule has 0 unspecified atom stereocenters. The van der Waals surface area contributed by atoms with E-state index in [0.717, 1.165) is 27.9 Å². The summed E-state index contributed by atoms with van der Waals surface area (Å²) >= 11 is 0. The monoisotopic (exact) mass is 551 g/mol. The predicted octanol–water partition coefficient (Wildman–Crippen LogP) is 9.80. The van der Waals surface area contributed by atoms with Crippen LogP contribution < -0.4 is 5.73 Å². The summed E-state index contributed by atoms with van der Waals surface area (Å²) in [6.45, 7) is 0.492.